The van der Waals surface area contributed by atoms with Crippen LogP contribution < -0.4 is 0 Å². The third-order valence-electron chi connectivity index (χ3n) is 0. The van der Waals surface area contributed by atoms with Gasteiger partial charge >= 0.3 is 60.8 Å². The van der Waals surface area contributed by atoms with Gasteiger partial charge in [0.2, 0.25) is 0 Å². The molecule has 0 aromatic heterocycles. The molecule has 0 aliphatic carbocycles. The first-order chi connectivity index (χ1) is 0. The molecular weight excluding hydrogens is 350 g/mol. The second-order valence-electron chi connectivity index (χ2n) is 0. The zero-order valence-corrected chi connectivity index (χ0v) is 11.5. The molecule has 0 aromatic carbocycles. The van der Waals surface area contributed by atoms with Crippen molar-refractivity contribution in [1.29, 1.82) is 0 Å². The summed E-state index contributed by atoms with van der Waals surface area (Å²) in [6.45, 7) is 0. The van der Waals surface area contributed by atoms with E-state index < -0.39 is 0 Å². The van der Waals surface area contributed by atoms with Crippen LogP contribution in [0.2, 0.25) is 0 Å². The van der Waals surface area contributed by atoms with Crippen LogP contribution in [0.1, 0.15) is 5.71 Å². The zero-order valence-electron chi connectivity index (χ0n) is 6.58. The van der Waals surface area contributed by atoms with Gasteiger partial charge < -0.3 is 5.71 Å². The monoisotopic (exact) mass is 354 g/mol. The second-order valence-corrected chi connectivity index (χ2v) is 0. The molecule has 0 amide bonds. The molecule has 6 heteroatoms. The number of hydrogen-bond acceptors (Lipinski definition) is 0. The largest absolute Gasteiger partial charge is 2.00 e. The van der Waals surface area contributed by atoms with Crippen molar-refractivity contribution in [2.45, 2.75) is 0 Å². The number of rotatable bonds is 0. The van der Waals surface area contributed by atoms with Gasteiger partial charge in [0, 0.05) is 74.4 Å². The van der Waals surface area contributed by atoms with E-state index >= 15 is 0 Å². The summed E-state index contributed by atoms with van der Waals surface area (Å²) in [4.78, 5) is 0. The molecule has 0 radical (unpaired) electrons. The first-order valence-electron chi connectivity index (χ1n) is 0. The summed E-state index contributed by atoms with van der Waals surface area (Å²) in [5.74, 6) is 0. The standard InChI is InChI=1S/Al.Ca.Fe.Mg.Nd.Ni.7H/q;+2;;+2;;;;;;4*-1. The maximum Gasteiger partial charge on any atom is 2.00 e. The van der Waals surface area contributed by atoms with Gasteiger partial charge in [-0.2, -0.15) is 0 Å². The maximum absolute atomic E-state index is 0. The first-order valence-corrected chi connectivity index (χ1v) is 0. The fourth-order valence-electron chi connectivity index (χ4n) is 0. The summed E-state index contributed by atoms with van der Waals surface area (Å²) >= 11 is 0. The first kappa shape index (κ1) is 44.4. The van der Waals surface area contributed by atoms with Crippen molar-refractivity contribution in [3.8, 4) is 0 Å². The molecule has 0 nitrogen and oxygen atoms in total. The van der Waals surface area contributed by atoms with E-state index in [0.29, 0.717) is 0 Å². The van der Waals surface area contributed by atoms with Crippen LogP contribution >= 0.6 is 0 Å². The Morgan fingerprint density at radius 3 is 1.17 bits per heavy atom. The minimum absolute atomic E-state index is 0. The fraction of sp³-hybridized carbons (Fsp3) is 0. The van der Waals surface area contributed by atoms with Crippen LogP contribution in [0.25, 0.3) is 0 Å². The molecule has 0 saturated heterocycles. The fourth-order valence-corrected chi connectivity index (χ4v) is 0. The van der Waals surface area contributed by atoms with Gasteiger partial charge in [-0.05, 0) is 0 Å². The summed E-state index contributed by atoms with van der Waals surface area (Å²) in [7, 11) is 0. The predicted molar refractivity (Wildman–Crippen MR) is 25.9 cm³/mol. The average molecular weight is 357 g/mol. The Morgan fingerprint density at radius 1 is 1.17 bits per heavy atom. The molecule has 0 rings (SSSR count). The van der Waals surface area contributed by atoms with Crippen LogP contribution in [-0.4, -0.2) is 78.2 Å². The Morgan fingerprint density at radius 2 is 1.17 bits per heavy atom. The van der Waals surface area contributed by atoms with E-state index in [4.69, 9.17) is 0 Å². The van der Waals surface area contributed by atoms with Crippen molar-refractivity contribution < 1.29 is 80.1 Å². The van der Waals surface area contributed by atoms with Crippen LogP contribution in [0.15, 0.2) is 0 Å². The van der Waals surface area contributed by atoms with Crippen LogP contribution in [0.5, 0.6) is 0 Å². The summed E-state index contributed by atoms with van der Waals surface area (Å²) in [5, 5.41) is 0. The van der Waals surface area contributed by atoms with Crippen molar-refractivity contribution >= 4 is 78.2 Å². The van der Waals surface area contributed by atoms with Crippen LogP contribution in [0.4, 0.5) is 0 Å². The molecular formula is H7AlCaFeMgNdNi. The molecule has 0 aliphatic rings. The molecule has 0 N–H and O–H groups in total. The second kappa shape index (κ2) is 32.6. The molecule has 0 aromatic rings. The van der Waals surface area contributed by atoms with Crippen molar-refractivity contribution in [1.82, 2.24) is 0 Å². The molecule has 0 heterocycles. The molecule has 0 spiro atoms. The van der Waals surface area contributed by atoms with E-state index in [1.54, 1.807) is 0 Å². The Kier molecular flexibility index (Phi) is 241. The van der Waals surface area contributed by atoms with Gasteiger partial charge in [-0.15, -0.1) is 0 Å². The normalized spacial score (nSPS) is 0. The molecule has 36 valence electrons. The van der Waals surface area contributed by atoms with E-state index in [1.165, 1.54) is 0 Å². The van der Waals surface area contributed by atoms with Crippen molar-refractivity contribution in [2.75, 3.05) is 0 Å². The van der Waals surface area contributed by atoms with E-state index in [-0.39, 0.29) is 158 Å². The van der Waals surface area contributed by atoms with Gasteiger partial charge in [0.05, 0.1) is 0 Å². The average Bonchev–Trinajstić information content (AvgIpc) is 0. The van der Waals surface area contributed by atoms with Crippen LogP contribution in [0.3, 0.4) is 0 Å². The van der Waals surface area contributed by atoms with E-state index in [9.17, 15) is 0 Å². The smallest absolute Gasteiger partial charge is 1.00 e. The molecule has 0 saturated carbocycles. The Balaban J connectivity index is 0. The Bertz CT molecular complexity index is 25.2. The van der Waals surface area contributed by atoms with Crippen LogP contribution in [-0.2, 0) is 33.6 Å². The van der Waals surface area contributed by atoms with Crippen molar-refractivity contribution in [3.05, 3.63) is 0 Å². The van der Waals surface area contributed by atoms with Gasteiger partial charge in [-0.25, -0.2) is 0 Å². The van der Waals surface area contributed by atoms with E-state index in [1.807, 2.05) is 0 Å². The van der Waals surface area contributed by atoms with Gasteiger partial charge in [0.15, 0.2) is 17.4 Å². The van der Waals surface area contributed by atoms with Gasteiger partial charge in [-0.3, -0.25) is 0 Å². The van der Waals surface area contributed by atoms with E-state index in [0.717, 1.165) is 0 Å². The summed E-state index contributed by atoms with van der Waals surface area (Å²) in [5.41, 5.74) is 0. The topological polar surface area (TPSA) is 0 Å². The predicted octanol–water partition coefficient (Wildman–Crippen LogP) is -1.50. The summed E-state index contributed by atoms with van der Waals surface area (Å²) in [6, 6.07) is 0. The molecule has 0 fully saturated rings. The Hall–Kier alpha value is 4.92. The Labute approximate surface area is 154 Å². The van der Waals surface area contributed by atoms with Crippen molar-refractivity contribution in [3.63, 3.8) is 0 Å². The molecule has 6 heavy (non-hydrogen) atoms. The minimum atomic E-state index is 0. The SMILES string of the molecule is [AlH3].[Ca+2].[Fe].[H-].[H-].[H-].[H-].[Mg+2].[Nd].[Ni]. The van der Waals surface area contributed by atoms with Crippen LogP contribution in [0, 0.1) is 40.8 Å². The third-order valence-corrected chi connectivity index (χ3v) is 0. The quantitative estimate of drug-likeness (QED) is 0.463. The van der Waals surface area contributed by atoms with Gasteiger partial charge in [0.25, 0.3) is 0 Å². The van der Waals surface area contributed by atoms with Crippen molar-refractivity contribution in [2.24, 2.45) is 0 Å². The minimum Gasteiger partial charge on any atom is -1.00 e. The van der Waals surface area contributed by atoms with Gasteiger partial charge in [0.1, 0.15) is 0 Å². The van der Waals surface area contributed by atoms with Gasteiger partial charge in [-0.1, -0.05) is 0 Å². The third kappa shape index (κ3) is 23.1. The zero-order chi connectivity index (χ0) is 0. The molecule has 0 unspecified atom stereocenters. The maximum atomic E-state index is 0. The summed E-state index contributed by atoms with van der Waals surface area (Å²) in [6.07, 6.45) is 0. The molecule has 0 aliphatic heterocycles. The summed E-state index contributed by atoms with van der Waals surface area (Å²) < 4.78 is 0. The molecule has 0 bridgehead atoms. The number of hydrogen-bond donors (Lipinski definition) is 0. The molecule has 0 atom stereocenters. The van der Waals surface area contributed by atoms with E-state index in [2.05, 4.69) is 0 Å².